The molecule has 0 bridgehead atoms. The van der Waals surface area contributed by atoms with E-state index in [1.807, 2.05) is 25.1 Å². The van der Waals surface area contributed by atoms with Crippen LogP contribution in [0, 0.1) is 11.3 Å². The van der Waals surface area contributed by atoms with Gasteiger partial charge in [0, 0.05) is 19.1 Å². The second kappa shape index (κ2) is 6.32. The van der Waals surface area contributed by atoms with Crippen molar-refractivity contribution in [3.63, 3.8) is 0 Å². The minimum Gasteiger partial charge on any atom is -0.308 e. The molecule has 1 saturated heterocycles. The first-order valence-electron chi connectivity index (χ1n) is 6.72. The lowest BCUT2D eigenvalue weighted by atomic mass is 10.2. The topological polar surface area (TPSA) is 64.4 Å². The molecule has 1 aromatic carbocycles. The van der Waals surface area contributed by atoms with Gasteiger partial charge in [-0.3, -0.25) is 0 Å². The van der Waals surface area contributed by atoms with Crippen LogP contribution in [-0.2, 0) is 10.0 Å². The lowest BCUT2D eigenvalue weighted by Gasteiger charge is -2.26. The largest absolute Gasteiger partial charge is 0.308 e. The van der Waals surface area contributed by atoms with E-state index in [2.05, 4.69) is 0 Å². The van der Waals surface area contributed by atoms with E-state index in [0.717, 1.165) is 12.8 Å². The molecule has 1 atom stereocenters. The fraction of sp³-hybridized carbons (Fsp3) is 0.500. The van der Waals surface area contributed by atoms with Gasteiger partial charge in [0.1, 0.15) is 4.90 Å². The first-order chi connectivity index (χ1) is 9.86. The van der Waals surface area contributed by atoms with E-state index in [0.29, 0.717) is 18.7 Å². The smallest absolute Gasteiger partial charge is 0.244 e. The molecule has 0 N–H and O–H groups in total. The molecule has 0 spiro atoms. The van der Waals surface area contributed by atoms with Crippen molar-refractivity contribution in [2.24, 2.45) is 0 Å². The van der Waals surface area contributed by atoms with Crippen molar-refractivity contribution in [3.8, 4) is 6.07 Å². The summed E-state index contributed by atoms with van der Waals surface area (Å²) in [6.45, 7) is 1.20. The van der Waals surface area contributed by atoms with Gasteiger partial charge in [0.2, 0.25) is 10.0 Å². The molecule has 5 nitrogen and oxygen atoms in total. The Hall–Kier alpha value is -1.13. The van der Waals surface area contributed by atoms with Gasteiger partial charge in [0.15, 0.2) is 0 Å². The molecule has 0 radical (unpaired) electrons. The first kappa shape index (κ1) is 16.2. The third-order valence-corrected chi connectivity index (χ3v) is 5.98. The van der Waals surface area contributed by atoms with E-state index in [9.17, 15) is 8.42 Å². The molecule has 21 heavy (non-hydrogen) atoms. The van der Waals surface area contributed by atoms with E-state index < -0.39 is 10.0 Å². The molecule has 0 aliphatic carbocycles. The van der Waals surface area contributed by atoms with Crippen molar-refractivity contribution in [2.75, 3.05) is 27.2 Å². The lowest BCUT2D eigenvalue weighted by molar-refractivity contribution is 0.291. The van der Waals surface area contributed by atoms with Gasteiger partial charge >= 0.3 is 0 Å². The fourth-order valence-electron chi connectivity index (χ4n) is 2.64. The molecule has 0 amide bonds. The summed E-state index contributed by atoms with van der Waals surface area (Å²) in [6.07, 6.45) is 1.71. The summed E-state index contributed by atoms with van der Waals surface area (Å²) in [4.78, 5) is 2.06. The van der Waals surface area contributed by atoms with Crippen LogP contribution in [0.15, 0.2) is 23.1 Å². The van der Waals surface area contributed by atoms with Gasteiger partial charge in [0.05, 0.1) is 16.7 Å². The molecule has 0 aromatic heterocycles. The highest BCUT2D eigenvalue weighted by molar-refractivity contribution is 7.89. The molecule has 0 saturated carbocycles. The van der Waals surface area contributed by atoms with E-state index >= 15 is 0 Å². The van der Waals surface area contributed by atoms with E-state index in [4.69, 9.17) is 16.9 Å². The highest BCUT2D eigenvalue weighted by Crippen LogP contribution is 2.30. The number of benzene rings is 1. The van der Waals surface area contributed by atoms with Gasteiger partial charge in [-0.2, -0.15) is 9.57 Å². The second-order valence-corrected chi connectivity index (χ2v) is 7.70. The van der Waals surface area contributed by atoms with Crippen molar-refractivity contribution in [1.82, 2.24) is 9.21 Å². The molecule has 7 heteroatoms. The number of hydrogen-bond donors (Lipinski definition) is 0. The minimum atomic E-state index is -3.62. The Morgan fingerprint density at radius 2 is 2.19 bits per heavy atom. The van der Waals surface area contributed by atoms with Gasteiger partial charge in [-0.1, -0.05) is 11.6 Å². The summed E-state index contributed by atoms with van der Waals surface area (Å²) in [5, 5.41) is 8.94. The van der Waals surface area contributed by atoms with Crippen LogP contribution in [0.25, 0.3) is 0 Å². The molecule has 1 fully saturated rings. The zero-order valence-electron chi connectivity index (χ0n) is 12.1. The predicted molar refractivity (Wildman–Crippen MR) is 81.6 cm³/mol. The normalized spacial score (nSPS) is 19.9. The van der Waals surface area contributed by atoms with Crippen LogP contribution in [0.4, 0.5) is 0 Å². The maximum atomic E-state index is 12.8. The van der Waals surface area contributed by atoms with E-state index in [1.54, 1.807) is 0 Å². The van der Waals surface area contributed by atoms with Crippen LogP contribution < -0.4 is 0 Å². The van der Waals surface area contributed by atoms with E-state index in [1.165, 1.54) is 22.5 Å². The Balaban J connectivity index is 2.36. The van der Waals surface area contributed by atoms with Crippen molar-refractivity contribution < 1.29 is 8.42 Å². The molecule has 1 unspecified atom stereocenters. The van der Waals surface area contributed by atoms with Crippen molar-refractivity contribution in [3.05, 3.63) is 28.8 Å². The zero-order chi connectivity index (χ0) is 15.6. The monoisotopic (exact) mass is 327 g/mol. The average molecular weight is 328 g/mol. The maximum Gasteiger partial charge on any atom is 0.244 e. The molecule has 1 heterocycles. The van der Waals surface area contributed by atoms with E-state index in [-0.39, 0.29) is 16.0 Å². The highest BCUT2D eigenvalue weighted by atomic mass is 35.5. The fourth-order valence-corrected chi connectivity index (χ4v) is 4.84. The summed E-state index contributed by atoms with van der Waals surface area (Å²) in [7, 11) is 0.233. The number of rotatable bonds is 4. The van der Waals surface area contributed by atoms with Crippen molar-refractivity contribution in [1.29, 1.82) is 5.26 Å². The third-order valence-electron chi connectivity index (χ3n) is 3.55. The summed E-state index contributed by atoms with van der Waals surface area (Å²) >= 11 is 6.06. The van der Waals surface area contributed by atoms with Gasteiger partial charge in [-0.25, -0.2) is 8.42 Å². The Bertz CT molecular complexity index is 667. The number of halogens is 1. The number of nitriles is 1. The summed E-state index contributed by atoms with van der Waals surface area (Å²) in [5.41, 5.74) is 0.352. The number of likely N-dealkylation sites (N-methyl/N-ethyl adjacent to an activating group) is 1. The maximum absolute atomic E-state index is 12.8. The Morgan fingerprint density at radius 1 is 1.48 bits per heavy atom. The van der Waals surface area contributed by atoms with Crippen LogP contribution in [0.1, 0.15) is 18.4 Å². The number of sulfonamides is 1. The average Bonchev–Trinajstić information content (AvgIpc) is 2.86. The SMILES string of the molecule is CN(C)CC1CCCN1S(=O)(=O)c1ccc(C#N)cc1Cl. The standard InChI is InChI=1S/C14H18ClN3O2S/c1-17(2)10-12-4-3-7-18(12)21(19,20)14-6-5-11(9-16)8-13(14)15/h5-6,8,12H,3-4,7,10H2,1-2H3. The summed E-state index contributed by atoms with van der Waals surface area (Å²) < 4.78 is 27.1. The Labute approximate surface area is 130 Å². The second-order valence-electron chi connectivity index (χ2n) is 5.43. The number of nitrogens with zero attached hydrogens (tertiary/aromatic N) is 3. The highest BCUT2D eigenvalue weighted by Gasteiger charge is 2.36. The van der Waals surface area contributed by atoms with Gasteiger partial charge in [-0.15, -0.1) is 0 Å². The molecule has 1 aliphatic heterocycles. The molecule has 114 valence electrons. The van der Waals surface area contributed by atoms with Gasteiger partial charge in [-0.05, 0) is 45.1 Å². The predicted octanol–water partition coefficient (Wildman–Crippen LogP) is 1.93. The Kier molecular flexibility index (Phi) is 4.89. The van der Waals surface area contributed by atoms with Crippen molar-refractivity contribution >= 4 is 21.6 Å². The molecule has 1 aromatic rings. The third kappa shape index (κ3) is 3.38. The van der Waals surface area contributed by atoms with Crippen LogP contribution >= 0.6 is 11.6 Å². The molecular weight excluding hydrogens is 310 g/mol. The number of hydrogen-bond acceptors (Lipinski definition) is 4. The zero-order valence-corrected chi connectivity index (χ0v) is 13.7. The summed E-state index contributed by atoms with van der Waals surface area (Å²) in [6, 6.07) is 6.21. The molecular formula is C14H18ClN3O2S. The van der Waals surface area contributed by atoms with Gasteiger partial charge < -0.3 is 4.90 Å². The lowest BCUT2D eigenvalue weighted by Crippen LogP contribution is -2.41. The quantitative estimate of drug-likeness (QED) is 0.847. The van der Waals surface area contributed by atoms with Crippen LogP contribution in [-0.4, -0.2) is 50.8 Å². The van der Waals surface area contributed by atoms with Crippen LogP contribution in [0.5, 0.6) is 0 Å². The van der Waals surface area contributed by atoms with Crippen LogP contribution in [0.3, 0.4) is 0 Å². The first-order valence-corrected chi connectivity index (χ1v) is 8.54. The van der Waals surface area contributed by atoms with Crippen LogP contribution in [0.2, 0.25) is 5.02 Å². The van der Waals surface area contributed by atoms with Gasteiger partial charge in [0.25, 0.3) is 0 Å². The summed E-state index contributed by atoms with van der Waals surface area (Å²) in [5.74, 6) is 0. The van der Waals surface area contributed by atoms with Crippen molar-refractivity contribution in [2.45, 2.75) is 23.8 Å². The Morgan fingerprint density at radius 3 is 2.76 bits per heavy atom. The molecule has 2 rings (SSSR count). The minimum absolute atomic E-state index is 0.0308. The molecule has 1 aliphatic rings.